The van der Waals surface area contributed by atoms with Gasteiger partial charge in [0.05, 0.1) is 0 Å². The van der Waals surface area contributed by atoms with E-state index in [9.17, 15) is 5.11 Å². The second-order valence-electron chi connectivity index (χ2n) is 3.34. The number of rotatable bonds is 2. The van der Waals surface area contributed by atoms with Crippen molar-refractivity contribution in [3.05, 3.63) is 33.8 Å². The predicted octanol–water partition coefficient (Wildman–Crippen LogP) is 2.31. The highest BCUT2D eigenvalue weighted by Crippen LogP contribution is 2.23. The zero-order chi connectivity index (χ0) is 10.0. The Labute approximate surface area is 87.3 Å². The fraction of sp³-hybridized carbons (Fsp3) is 0.400. The van der Waals surface area contributed by atoms with E-state index in [0.717, 1.165) is 15.6 Å². The van der Waals surface area contributed by atoms with Gasteiger partial charge in [0.2, 0.25) is 0 Å². The van der Waals surface area contributed by atoms with E-state index in [1.807, 2.05) is 39.2 Å². The van der Waals surface area contributed by atoms with Crippen LogP contribution in [0.4, 0.5) is 0 Å². The van der Waals surface area contributed by atoms with Crippen molar-refractivity contribution in [2.24, 2.45) is 0 Å². The number of nitrogens with zero attached hydrogens (tertiary/aromatic N) is 1. The summed E-state index contributed by atoms with van der Waals surface area (Å²) in [7, 11) is 3.70. The monoisotopic (exact) mass is 243 g/mol. The average molecular weight is 244 g/mol. The molecule has 0 amide bonds. The van der Waals surface area contributed by atoms with Crippen LogP contribution < -0.4 is 0 Å². The number of aliphatic hydroxyl groups is 1. The molecule has 0 saturated carbocycles. The average Bonchev–Trinajstić information content (AvgIpc) is 2.08. The molecule has 0 radical (unpaired) electrons. The van der Waals surface area contributed by atoms with E-state index >= 15 is 0 Å². The number of benzene rings is 1. The van der Waals surface area contributed by atoms with E-state index in [1.165, 1.54) is 0 Å². The lowest BCUT2D eigenvalue weighted by molar-refractivity contribution is 0.0389. The lowest BCUT2D eigenvalue weighted by atomic mass is 10.1. The van der Waals surface area contributed by atoms with Crippen LogP contribution in [-0.2, 0) is 0 Å². The summed E-state index contributed by atoms with van der Waals surface area (Å²) in [5.41, 5.74) is 2.05. The first kappa shape index (κ1) is 10.7. The molecule has 1 N–H and O–H groups in total. The second-order valence-corrected chi connectivity index (χ2v) is 4.25. The summed E-state index contributed by atoms with van der Waals surface area (Å²) in [5.74, 6) is 0. The highest BCUT2D eigenvalue weighted by atomic mass is 79.9. The molecule has 1 aromatic rings. The van der Waals surface area contributed by atoms with Gasteiger partial charge in [-0.05, 0) is 44.3 Å². The Bertz CT molecular complexity index is 299. The molecule has 0 aliphatic carbocycles. The molecule has 1 rings (SSSR count). The maximum absolute atomic E-state index is 9.81. The van der Waals surface area contributed by atoms with Crippen LogP contribution in [0.25, 0.3) is 0 Å². The van der Waals surface area contributed by atoms with Crippen LogP contribution >= 0.6 is 15.9 Å². The first-order chi connectivity index (χ1) is 6.02. The minimum Gasteiger partial charge on any atom is -0.374 e. The molecule has 0 aliphatic rings. The first-order valence-corrected chi connectivity index (χ1v) is 4.92. The van der Waals surface area contributed by atoms with E-state index in [0.29, 0.717) is 0 Å². The molecule has 1 atom stereocenters. The molecule has 3 heteroatoms. The van der Waals surface area contributed by atoms with E-state index in [2.05, 4.69) is 15.9 Å². The molecule has 0 saturated heterocycles. The third-order valence-corrected chi connectivity index (χ3v) is 2.50. The van der Waals surface area contributed by atoms with Gasteiger partial charge in [-0.1, -0.05) is 22.0 Å². The normalized spacial score (nSPS) is 13.4. The molecule has 0 fully saturated rings. The van der Waals surface area contributed by atoms with Crippen LogP contribution in [0.5, 0.6) is 0 Å². The number of aliphatic hydroxyl groups excluding tert-OH is 1. The van der Waals surface area contributed by atoms with Crippen LogP contribution in [0.2, 0.25) is 0 Å². The van der Waals surface area contributed by atoms with Gasteiger partial charge in [-0.2, -0.15) is 0 Å². The summed E-state index contributed by atoms with van der Waals surface area (Å²) in [5, 5.41) is 9.81. The number of halogens is 1. The molecule has 0 aromatic heterocycles. The van der Waals surface area contributed by atoms with Crippen LogP contribution in [0.3, 0.4) is 0 Å². The van der Waals surface area contributed by atoms with E-state index in [-0.39, 0.29) is 0 Å². The maximum atomic E-state index is 9.81. The summed E-state index contributed by atoms with van der Waals surface area (Å²) >= 11 is 3.38. The van der Waals surface area contributed by atoms with Gasteiger partial charge in [-0.25, -0.2) is 0 Å². The molecule has 0 heterocycles. The van der Waals surface area contributed by atoms with Gasteiger partial charge in [0.15, 0.2) is 0 Å². The Morgan fingerprint density at radius 2 is 2.00 bits per heavy atom. The van der Waals surface area contributed by atoms with Crippen molar-refractivity contribution in [3.63, 3.8) is 0 Å². The van der Waals surface area contributed by atoms with Crippen molar-refractivity contribution in [2.45, 2.75) is 13.2 Å². The van der Waals surface area contributed by atoms with E-state index in [4.69, 9.17) is 0 Å². The van der Waals surface area contributed by atoms with Crippen molar-refractivity contribution in [2.75, 3.05) is 14.1 Å². The van der Waals surface area contributed by atoms with Crippen molar-refractivity contribution >= 4 is 15.9 Å². The van der Waals surface area contributed by atoms with Crippen LogP contribution in [-0.4, -0.2) is 24.1 Å². The molecular weight excluding hydrogens is 230 g/mol. The van der Waals surface area contributed by atoms with Crippen molar-refractivity contribution in [1.82, 2.24) is 4.90 Å². The van der Waals surface area contributed by atoms with Gasteiger partial charge >= 0.3 is 0 Å². The Morgan fingerprint density at radius 3 is 2.54 bits per heavy atom. The van der Waals surface area contributed by atoms with Crippen molar-refractivity contribution in [1.29, 1.82) is 0 Å². The molecular formula is C10H14BrNO. The van der Waals surface area contributed by atoms with E-state index < -0.39 is 6.23 Å². The van der Waals surface area contributed by atoms with Gasteiger partial charge < -0.3 is 5.11 Å². The molecule has 13 heavy (non-hydrogen) atoms. The molecule has 1 unspecified atom stereocenters. The topological polar surface area (TPSA) is 23.5 Å². The Balaban J connectivity index is 3.05. The van der Waals surface area contributed by atoms with Gasteiger partial charge in [0.1, 0.15) is 6.23 Å². The zero-order valence-electron chi connectivity index (χ0n) is 8.08. The van der Waals surface area contributed by atoms with Crippen LogP contribution in [0, 0.1) is 6.92 Å². The minimum absolute atomic E-state index is 0.530. The fourth-order valence-electron chi connectivity index (χ4n) is 1.17. The van der Waals surface area contributed by atoms with Crippen LogP contribution in [0.15, 0.2) is 22.7 Å². The fourth-order valence-corrected chi connectivity index (χ4v) is 1.55. The molecule has 0 spiro atoms. The Hall–Kier alpha value is -0.380. The van der Waals surface area contributed by atoms with Gasteiger partial charge in [-0.15, -0.1) is 0 Å². The highest BCUT2D eigenvalue weighted by molar-refractivity contribution is 9.10. The van der Waals surface area contributed by atoms with Crippen LogP contribution in [0.1, 0.15) is 17.4 Å². The minimum atomic E-state index is -0.530. The summed E-state index contributed by atoms with van der Waals surface area (Å²) < 4.78 is 0.994. The molecule has 0 aliphatic heterocycles. The first-order valence-electron chi connectivity index (χ1n) is 4.13. The maximum Gasteiger partial charge on any atom is 0.133 e. The summed E-state index contributed by atoms with van der Waals surface area (Å²) in [6.45, 7) is 1.99. The molecule has 72 valence electrons. The highest BCUT2D eigenvalue weighted by Gasteiger charge is 2.12. The van der Waals surface area contributed by atoms with Gasteiger partial charge in [0, 0.05) is 4.47 Å². The number of aryl methyl sites for hydroxylation is 1. The number of hydrogen-bond acceptors (Lipinski definition) is 2. The Morgan fingerprint density at radius 1 is 1.38 bits per heavy atom. The molecule has 2 nitrogen and oxygen atoms in total. The predicted molar refractivity (Wildman–Crippen MR) is 57.5 cm³/mol. The SMILES string of the molecule is Cc1ccc(Br)cc1C(O)N(C)C. The Kier molecular flexibility index (Phi) is 3.47. The smallest absolute Gasteiger partial charge is 0.133 e. The van der Waals surface area contributed by atoms with Gasteiger partial charge in [-0.3, -0.25) is 4.90 Å². The lowest BCUT2D eigenvalue weighted by Crippen LogP contribution is -2.20. The van der Waals surface area contributed by atoms with Gasteiger partial charge in [0.25, 0.3) is 0 Å². The third-order valence-electron chi connectivity index (χ3n) is 2.01. The number of hydrogen-bond donors (Lipinski definition) is 1. The second kappa shape index (κ2) is 4.22. The standard InChI is InChI=1S/C10H14BrNO/c1-7-4-5-8(11)6-9(7)10(13)12(2)3/h4-6,10,13H,1-3H3. The van der Waals surface area contributed by atoms with E-state index in [1.54, 1.807) is 4.90 Å². The lowest BCUT2D eigenvalue weighted by Gasteiger charge is -2.20. The quantitative estimate of drug-likeness (QED) is 0.807. The van der Waals surface area contributed by atoms with Crippen molar-refractivity contribution in [3.8, 4) is 0 Å². The summed E-state index contributed by atoms with van der Waals surface area (Å²) in [6, 6.07) is 5.91. The van der Waals surface area contributed by atoms with Crippen molar-refractivity contribution < 1.29 is 5.11 Å². The summed E-state index contributed by atoms with van der Waals surface area (Å²) in [6.07, 6.45) is -0.530. The zero-order valence-corrected chi connectivity index (χ0v) is 9.67. The largest absolute Gasteiger partial charge is 0.374 e. The third kappa shape index (κ3) is 2.53. The molecule has 1 aromatic carbocycles. The summed E-state index contributed by atoms with van der Waals surface area (Å²) in [4.78, 5) is 1.77. The molecule has 0 bridgehead atoms.